The van der Waals surface area contributed by atoms with E-state index in [4.69, 9.17) is 9.47 Å². The average Bonchev–Trinajstić information content (AvgIpc) is 3.14. The Bertz CT molecular complexity index is 879. The van der Waals surface area contributed by atoms with Crippen LogP contribution in [0.4, 0.5) is 0 Å². The molecule has 0 fully saturated rings. The van der Waals surface area contributed by atoms with Crippen LogP contribution in [-0.4, -0.2) is 40.6 Å². The molecule has 140 valence electrons. The third-order valence-corrected chi connectivity index (χ3v) is 5.95. The van der Waals surface area contributed by atoms with Gasteiger partial charge in [-0.2, -0.15) is 5.10 Å². The minimum Gasteiger partial charge on any atom is -0.492 e. The SMILES string of the molecule is CCOc1cnc2c(c1)c(-c1cnn(C)c1)cn2COCC[Si](C)(C)C. The van der Waals surface area contributed by atoms with Crippen LogP contribution in [0.3, 0.4) is 0 Å². The first kappa shape index (κ1) is 18.7. The quantitative estimate of drug-likeness (QED) is 0.440. The predicted molar refractivity (Wildman–Crippen MR) is 107 cm³/mol. The molecule has 3 aromatic rings. The van der Waals surface area contributed by atoms with Crippen molar-refractivity contribution < 1.29 is 9.47 Å². The maximum atomic E-state index is 5.94. The summed E-state index contributed by atoms with van der Waals surface area (Å²) in [6, 6.07) is 3.20. The van der Waals surface area contributed by atoms with Gasteiger partial charge in [-0.3, -0.25) is 4.68 Å². The van der Waals surface area contributed by atoms with E-state index in [0.29, 0.717) is 13.3 Å². The Hall–Kier alpha value is -2.12. The van der Waals surface area contributed by atoms with Gasteiger partial charge in [0.15, 0.2) is 0 Å². The molecule has 0 saturated heterocycles. The van der Waals surface area contributed by atoms with Crippen molar-refractivity contribution in [1.82, 2.24) is 19.3 Å². The minimum atomic E-state index is -1.09. The van der Waals surface area contributed by atoms with Crippen LogP contribution in [0.15, 0.2) is 30.9 Å². The number of rotatable bonds is 8. The second-order valence-electron chi connectivity index (χ2n) is 7.74. The normalized spacial score (nSPS) is 12.0. The van der Waals surface area contributed by atoms with E-state index >= 15 is 0 Å². The largest absolute Gasteiger partial charge is 0.492 e. The first-order valence-electron chi connectivity index (χ1n) is 9.06. The van der Waals surface area contributed by atoms with Gasteiger partial charge in [-0.1, -0.05) is 19.6 Å². The van der Waals surface area contributed by atoms with Crippen LogP contribution >= 0.6 is 0 Å². The summed E-state index contributed by atoms with van der Waals surface area (Å²) >= 11 is 0. The lowest BCUT2D eigenvalue weighted by Crippen LogP contribution is -2.22. The fourth-order valence-electron chi connectivity index (χ4n) is 2.83. The number of ether oxygens (including phenoxy) is 2. The molecule has 7 heteroatoms. The molecular formula is C19H28N4O2Si. The molecule has 0 aliphatic rings. The lowest BCUT2D eigenvalue weighted by molar-refractivity contribution is 0.0899. The summed E-state index contributed by atoms with van der Waals surface area (Å²) in [7, 11) is 0.835. The number of pyridine rings is 1. The van der Waals surface area contributed by atoms with Crippen molar-refractivity contribution in [3.63, 3.8) is 0 Å². The van der Waals surface area contributed by atoms with Crippen molar-refractivity contribution in [2.75, 3.05) is 13.2 Å². The molecule has 3 rings (SSSR count). The first-order chi connectivity index (χ1) is 12.4. The molecule has 0 atom stereocenters. The van der Waals surface area contributed by atoms with Gasteiger partial charge in [0.05, 0.1) is 19.0 Å². The van der Waals surface area contributed by atoms with Crippen molar-refractivity contribution in [2.24, 2.45) is 7.05 Å². The smallest absolute Gasteiger partial charge is 0.142 e. The van der Waals surface area contributed by atoms with Crippen LogP contribution in [-0.2, 0) is 18.5 Å². The van der Waals surface area contributed by atoms with Crippen LogP contribution in [0.5, 0.6) is 5.75 Å². The molecule has 26 heavy (non-hydrogen) atoms. The Kier molecular flexibility index (Phi) is 5.48. The molecule has 6 nitrogen and oxygen atoms in total. The molecule has 0 spiro atoms. The van der Waals surface area contributed by atoms with Crippen LogP contribution in [0.25, 0.3) is 22.2 Å². The third kappa shape index (κ3) is 4.34. The molecule has 0 unspecified atom stereocenters. The minimum absolute atomic E-state index is 0.502. The number of aromatic nitrogens is 4. The Morgan fingerprint density at radius 1 is 1.15 bits per heavy atom. The zero-order chi connectivity index (χ0) is 18.7. The third-order valence-electron chi connectivity index (χ3n) is 4.24. The summed E-state index contributed by atoms with van der Waals surface area (Å²) < 4.78 is 15.5. The zero-order valence-corrected chi connectivity index (χ0v) is 17.3. The second kappa shape index (κ2) is 7.63. The van der Waals surface area contributed by atoms with Gasteiger partial charge in [-0.05, 0) is 19.0 Å². The van der Waals surface area contributed by atoms with Crippen molar-refractivity contribution >= 4 is 19.1 Å². The van der Waals surface area contributed by atoms with Gasteiger partial charge in [-0.15, -0.1) is 0 Å². The summed E-state index contributed by atoms with van der Waals surface area (Å²) in [4.78, 5) is 4.62. The van der Waals surface area contributed by atoms with Gasteiger partial charge < -0.3 is 14.0 Å². The Morgan fingerprint density at radius 2 is 1.96 bits per heavy atom. The Labute approximate surface area is 155 Å². The molecular weight excluding hydrogens is 344 g/mol. The molecule has 0 radical (unpaired) electrons. The van der Waals surface area contributed by atoms with Crippen LogP contribution in [0, 0.1) is 0 Å². The number of hydrogen-bond acceptors (Lipinski definition) is 4. The highest BCUT2D eigenvalue weighted by Crippen LogP contribution is 2.31. The maximum absolute atomic E-state index is 5.94. The van der Waals surface area contributed by atoms with Gasteiger partial charge in [0.2, 0.25) is 0 Å². The zero-order valence-electron chi connectivity index (χ0n) is 16.3. The van der Waals surface area contributed by atoms with Crippen LogP contribution < -0.4 is 4.74 Å². The van der Waals surface area contributed by atoms with Crippen LogP contribution in [0.1, 0.15) is 6.92 Å². The molecule has 0 aromatic carbocycles. The van der Waals surface area contributed by atoms with Gasteiger partial charge in [-0.25, -0.2) is 4.98 Å². The monoisotopic (exact) mass is 372 g/mol. The van der Waals surface area contributed by atoms with Gasteiger partial charge in [0, 0.05) is 50.6 Å². The number of fused-ring (bicyclic) bond motifs is 1. The number of hydrogen-bond donors (Lipinski definition) is 0. The summed E-state index contributed by atoms with van der Waals surface area (Å²) in [5, 5.41) is 5.35. The van der Waals surface area contributed by atoms with E-state index < -0.39 is 8.07 Å². The fourth-order valence-corrected chi connectivity index (χ4v) is 3.58. The molecule has 0 amide bonds. The van der Waals surface area contributed by atoms with E-state index in [1.807, 2.05) is 37.1 Å². The number of nitrogens with zero attached hydrogens (tertiary/aromatic N) is 4. The Balaban J connectivity index is 1.90. The topological polar surface area (TPSA) is 54.1 Å². The lowest BCUT2D eigenvalue weighted by Gasteiger charge is -2.15. The summed E-state index contributed by atoms with van der Waals surface area (Å²) in [6.07, 6.45) is 7.76. The van der Waals surface area contributed by atoms with Gasteiger partial charge >= 0.3 is 0 Å². The average molecular weight is 373 g/mol. The highest BCUT2D eigenvalue weighted by molar-refractivity contribution is 6.76. The summed E-state index contributed by atoms with van der Waals surface area (Å²) in [6.45, 7) is 11.0. The van der Waals surface area contributed by atoms with E-state index in [9.17, 15) is 0 Å². The van der Waals surface area contributed by atoms with Gasteiger partial charge in [0.25, 0.3) is 0 Å². The Morgan fingerprint density at radius 3 is 2.62 bits per heavy atom. The highest BCUT2D eigenvalue weighted by atomic mass is 28.3. The number of aryl methyl sites for hydroxylation is 1. The van der Waals surface area contributed by atoms with E-state index in [-0.39, 0.29) is 0 Å². The maximum Gasteiger partial charge on any atom is 0.142 e. The summed E-state index contributed by atoms with van der Waals surface area (Å²) in [5.41, 5.74) is 3.06. The highest BCUT2D eigenvalue weighted by Gasteiger charge is 2.15. The summed E-state index contributed by atoms with van der Waals surface area (Å²) in [5.74, 6) is 0.780. The van der Waals surface area contributed by atoms with E-state index in [2.05, 4.69) is 40.5 Å². The van der Waals surface area contributed by atoms with Crippen molar-refractivity contribution in [3.8, 4) is 16.9 Å². The molecule has 0 aliphatic carbocycles. The predicted octanol–water partition coefficient (Wildman–Crippen LogP) is 4.15. The van der Waals surface area contributed by atoms with Crippen molar-refractivity contribution in [3.05, 3.63) is 30.9 Å². The molecule has 0 saturated carbocycles. The van der Waals surface area contributed by atoms with Crippen LogP contribution in [0.2, 0.25) is 25.7 Å². The van der Waals surface area contributed by atoms with E-state index in [0.717, 1.165) is 40.6 Å². The molecule has 0 aliphatic heterocycles. The molecule has 0 bridgehead atoms. The standard InChI is InChI=1S/C19H28N4O2Si/c1-6-25-16-9-17-18(15-10-21-22(2)12-15)13-23(19(17)20-11-16)14-24-7-8-26(3,4)5/h9-13H,6-8,14H2,1-5H3. The molecule has 3 heterocycles. The van der Waals surface area contributed by atoms with E-state index in [1.54, 1.807) is 6.20 Å². The van der Waals surface area contributed by atoms with Crippen molar-refractivity contribution in [1.29, 1.82) is 0 Å². The first-order valence-corrected chi connectivity index (χ1v) is 12.8. The fraction of sp³-hybridized carbons (Fsp3) is 0.474. The lowest BCUT2D eigenvalue weighted by atomic mass is 10.1. The van der Waals surface area contributed by atoms with E-state index in [1.165, 1.54) is 0 Å². The second-order valence-corrected chi connectivity index (χ2v) is 13.4. The molecule has 0 N–H and O–H groups in total. The van der Waals surface area contributed by atoms with Crippen molar-refractivity contribution in [2.45, 2.75) is 39.3 Å². The molecule has 3 aromatic heterocycles. The van der Waals surface area contributed by atoms with Gasteiger partial charge in [0.1, 0.15) is 18.1 Å².